The summed E-state index contributed by atoms with van der Waals surface area (Å²) in [6.45, 7) is 0. The van der Waals surface area contributed by atoms with E-state index in [9.17, 15) is 0 Å². The summed E-state index contributed by atoms with van der Waals surface area (Å²) in [6, 6.07) is 11.3. The second-order valence-corrected chi connectivity index (χ2v) is 6.92. The van der Waals surface area contributed by atoms with Gasteiger partial charge in [-0.25, -0.2) is 0 Å². The molecule has 0 atom stereocenters. The SMILES string of the molecule is c1ccc(CC2(C3CCCCC3)CCCCC2)cc1. The Bertz CT molecular complexity index is 366. The van der Waals surface area contributed by atoms with Crippen LogP contribution in [0, 0.1) is 11.3 Å². The van der Waals surface area contributed by atoms with Crippen molar-refractivity contribution in [1.82, 2.24) is 0 Å². The molecule has 0 spiro atoms. The molecule has 1 aromatic carbocycles. The zero-order chi connectivity index (χ0) is 13.0. The van der Waals surface area contributed by atoms with E-state index in [1.54, 1.807) is 5.56 Å². The zero-order valence-electron chi connectivity index (χ0n) is 12.2. The molecule has 0 heterocycles. The van der Waals surface area contributed by atoms with Crippen molar-refractivity contribution >= 4 is 0 Å². The van der Waals surface area contributed by atoms with E-state index >= 15 is 0 Å². The monoisotopic (exact) mass is 256 g/mol. The predicted octanol–water partition coefficient (Wildman–Crippen LogP) is 5.76. The molecule has 0 unspecified atom stereocenters. The van der Waals surface area contributed by atoms with Crippen LogP contribution in [0.1, 0.15) is 69.8 Å². The summed E-state index contributed by atoms with van der Waals surface area (Å²) in [7, 11) is 0. The molecule has 0 saturated heterocycles. The Morgan fingerprint density at radius 2 is 1.42 bits per heavy atom. The van der Waals surface area contributed by atoms with Gasteiger partial charge in [0, 0.05) is 0 Å². The molecular weight excluding hydrogens is 228 g/mol. The minimum absolute atomic E-state index is 0.653. The number of benzene rings is 1. The molecule has 2 aliphatic carbocycles. The van der Waals surface area contributed by atoms with Gasteiger partial charge in [-0.05, 0) is 49.0 Å². The number of hydrogen-bond acceptors (Lipinski definition) is 0. The second kappa shape index (κ2) is 6.11. The standard InChI is InChI=1S/C19H28/c1-4-10-17(11-5-1)16-19(14-8-3-9-15-19)18-12-6-2-7-13-18/h1,4-5,10-11,18H,2-3,6-9,12-16H2. The predicted molar refractivity (Wildman–Crippen MR) is 82.2 cm³/mol. The topological polar surface area (TPSA) is 0 Å². The molecule has 2 fully saturated rings. The average molecular weight is 256 g/mol. The molecule has 104 valence electrons. The van der Waals surface area contributed by atoms with Gasteiger partial charge in [-0.3, -0.25) is 0 Å². The quantitative estimate of drug-likeness (QED) is 0.645. The van der Waals surface area contributed by atoms with E-state index in [0.29, 0.717) is 5.41 Å². The molecule has 19 heavy (non-hydrogen) atoms. The van der Waals surface area contributed by atoms with Gasteiger partial charge in [-0.1, -0.05) is 68.9 Å². The van der Waals surface area contributed by atoms with Gasteiger partial charge < -0.3 is 0 Å². The Balaban J connectivity index is 1.79. The summed E-state index contributed by atoms with van der Waals surface area (Å²) >= 11 is 0. The van der Waals surface area contributed by atoms with Gasteiger partial charge in [-0.15, -0.1) is 0 Å². The third kappa shape index (κ3) is 3.04. The van der Waals surface area contributed by atoms with Crippen LogP contribution in [0.25, 0.3) is 0 Å². The van der Waals surface area contributed by atoms with Crippen molar-refractivity contribution in [2.45, 2.75) is 70.6 Å². The number of hydrogen-bond donors (Lipinski definition) is 0. The van der Waals surface area contributed by atoms with Crippen molar-refractivity contribution in [3.05, 3.63) is 35.9 Å². The third-order valence-corrected chi connectivity index (χ3v) is 5.72. The molecule has 1 aromatic rings. The van der Waals surface area contributed by atoms with Crippen LogP contribution in [-0.4, -0.2) is 0 Å². The van der Waals surface area contributed by atoms with Crippen LogP contribution in [0.15, 0.2) is 30.3 Å². The van der Waals surface area contributed by atoms with Gasteiger partial charge >= 0.3 is 0 Å². The maximum atomic E-state index is 2.35. The van der Waals surface area contributed by atoms with E-state index in [1.165, 1.54) is 70.6 Å². The highest BCUT2D eigenvalue weighted by Gasteiger charge is 2.39. The number of rotatable bonds is 3. The summed E-state index contributed by atoms with van der Waals surface area (Å²) in [6.07, 6.45) is 16.2. The lowest BCUT2D eigenvalue weighted by molar-refractivity contribution is 0.0672. The lowest BCUT2D eigenvalue weighted by Crippen LogP contribution is -2.36. The minimum atomic E-state index is 0.653. The molecule has 0 bridgehead atoms. The van der Waals surface area contributed by atoms with Crippen molar-refractivity contribution in [2.24, 2.45) is 11.3 Å². The van der Waals surface area contributed by atoms with Crippen molar-refractivity contribution < 1.29 is 0 Å². The van der Waals surface area contributed by atoms with Crippen molar-refractivity contribution in [3.8, 4) is 0 Å². The first-order chi connectivity index (χ1) is 9.39. The fourth-order valence-corrected chi connectivity index (χ4v) is 4.70. The highest BCUT2D eigenvalue weighted by Crippen LogP contribution is 2.50. The summed E-state index contributed by atoms with van der Waals surface area (Å²) in [5, 5.41) is 0. The van der Waals surface area contributed by atoms with Crippen molar-refractivity contribution in [2.75, 3.05) is 0 Å². The molecule has 0 radical (unpaired) electrons. The average Bonchev–Trinajstić information content (AvgIpc) is 2.50. The largest absolute Gasteiger partial charge is 0.0622 e. The molecule has 0 N–H and O–H groups in total. The fraction of sp³-hybridized carbons (Fsp3) is 0.684. The van der Waals surface area contributed by atoms with Crippen molar-refractivity contribution in [1.29, 1.82) is 0 Å². The van der Waals surface area contributed by atoms with E-state index in [1.807, 2.05) is 0 Å². The van der Waals surface area contributed by atoms with Gasteiger partial charge in [0.15, 0.2) is 0 Å². The Hall–Kier alpha value is -0.780. The van der Waals surface area contributed by atoms with Gasteiger partial charge in [0.05, 0.1) is 0 Å². The van der Waals surface area contributed by atoms with E-state index in [0.717, 1.165) is 5.92 Å². The van der Waals surface area contributed by atoms with E-state index in [4.69, 9.17) is 0 Å². The molecule has 3 rings (SSSR count). The molecule has 0 aromatic heterocycles. The smallest absolute Gasteiger partial charge is 0.0219 e. The molecule has 2 saturated carbocycles. The zero-order valence-corrected chi connectivity index (χ0v) is 12.2. The molecule has 0 aliphatic heterocycles. The van der Waals surface area contributed by atoms with Crippen LogP contribution < -0.4 is 0 Å². The van der Waals surface area contributed by atoms with E-state index in [-0.39, 0.29) is 0 Å². The van der Waals surface area contributed by atoms with E-state index < -0.39 is 0 Å². The summed E-state index contributed by atoms with van der Waals surface area (Å²) < 4.78 is 0. The summed E-state index contributed by atoms with van der Waals surface area (Å²) in [5.41, 5.74) is 2.23. The summed E-state index contributed by atoms with van der Waals surface area (Å²) in [5.74, 6) is 1.02. The fourth-order valence-electron chi connectivity index (χ4n) is 4.70. The molecule has 0 nitrogen and oxygen atoms in total. The van der Waals surface area contributed by atoms with Crippen LogP contribution in [0.4, 0.5) is 0 Å². The van der Waals surface area contributed by atoms with Gasteiger partial charge in [0.2, 0.25) is 0 Å². The first-order valence-corrected chi connectivity index (χ1v) is 8.43. The van der Waals surface area contributed by atoms with Crippen LogP contribution in [0.3, 0.4) is 0 Å². The highest BCUT2D eigenvalue weighted by molar-refractivity contribution is 5.17. The highest BCUT2D eigenvalue weighted by atomic mass is 14.4. The first-order valence-electron chi connectivity index (χ1n) is 8.43. The third-order valence-electron chi connectivity index (χ3n) is 5.72. The van der Waals surface area contributed by atoms with Gasteiger partial charge in [0.25, 0.3) is 0 Å². The van der Waals surface area contributed by atoms with Crippen LogP contribution in [0.2, 0.25) is 0 Å². The lowest BCUT2D eigenvalue weighted by atomic mass is 9.59. The molecule has 2 aliphatic rings. The summed E-state index contributed by atoms with van der Waals surface area (Å²) in [4.78, 5) is 0. The maximum absolute atomic E-state index is 2.35. The molecule has 0 amide bonds. The van der Waals surface area contributed by atoms with E-state index in [2.05, 4.69) is 30.3 Å². The van der Waals surface area contributed by atoms with Crippen LogP contribution in [-0.2, 0) is 6.42 Å². The molecule has 0 heteroatoms. The Kier molecular flexibility index (Phi) is 4.25. The van der Waals surface area contributed by atoms with Gasteiger partial charge in [-0.2, -0.15) is 0 Å². The Labute approximate surface area is 118 Å². The maximum Gasteiger partial charge on any atom is -0.0219 e. The minimum Gasteiger partial charge on any atom is -0.0622 e. The second-order valence-electron chi connectivity index (χ2n) is 6.92. The molecular formula is C19H28. The van der Waals surface area contributed by atoms with Crippen LogP contribution in [0.5, 0.6) is 0 Å². The normalized spacial score (nSPS) is 24.2. The van der Waals surface area contributed by atoms with Crippen molar-refractivity contribution in [3.63, 3.8) is 0 Å². The lowest BCUT2D eigenvalue weighted by Gasteiger charge is -2.46. The Morgan fingerprint density at radius 1 is 0.789 bits per heavy atom. The van der Waals surface area contributed by atoms with Crippen LogP contribution >= 0.6 is 0 Å². The first kappa shape index (κ1) is 13.2. The Morgan fingerprint density at radius 3 is 2.11 bits per heavy atom. The van der Waals surface area contributed by atoms with Gasteiger partial charge in [0.1, 0.15) is 0 Å².